The van der Waals surface area contributed by atoms with Gasteiger partial charge < -0.3 is 14.9 Å². The van der Waals surface area contributed by atoms with Crippen LogP contribution in [0.1, 0.15) is 11.1 Å². The Morgan fingerprint density at radius 1 is 0.840 bits per heavy atom. The third-order valence-corrected chi connectivity index (χ3v) is 3.64. The zero-order chi connectivity index (χ0) is 17.6. The molecule has 0 saturated heterocycles. The molecule has 0 unspecified atom stereocenters. The largest absolute Gasteiger partial charge is 0.508 e. The number of nitrogens with zero attached hydrogens (tertiary/aromatic N) is 2. The van der Waals surface area contributed by atoms with E-state index in [0.29, 0.717) is 23.7 Å². The fourth-order valence-corrected chi connectivity index (χ4v) is 2.27. The molecule has 0 aromatic heterocycles. The Labute approximate surface area is 145 Å². The number of aryl methyl sites for hydroxylation is 1. The zero-order valence-electron chi connectivity index (χ0n) is 13.8. The molecule has 0 amide bonds. The van der Waals surface area contributed by atoms with Crippen molar-refractivity contribution in [2.45, 2.75) is 13.5 Å². The summed E-state index contributed by atoms with van der Waals surface area (Å²) in [6.07, 6.45) is 0. The first-order chi connectivity index (χ1) is 12.1. The summed E-state index contributed by atoms with van der Waals surface area (Å²) in [6.45, 7) is 2.26. The molecule has 0 saturated carbocycles. The number of ether oxygens (including phenoxy) is 1. The maximum absolute atomic E-state index is 9.96. The van der Waals surface area contributed by atoms with Crippen molar-refractivity contribution in [2.24, 2.45) is 10.2 Å². The molecule has 0 radical (unpaired) electrons. The van der Waals surface area contributed by atoms with Crippen LogP contribution in [-0.4, -0.2) is 10.2 Å². The fraction of sp³-hybridized carbons (Fsp3) is 0.100. The minimum atomic E-state index is 0.0206. The van der Waals surface area contributed by atoms with Crippen LogP contribution < -0.4 is 4.74 Å². The van der Waals surface area contributed by atoms with Crippen molar-refractivity contribution in [2.75, 3.05) is 0 Å². The van der Waals surface area contributed by atoms with Crippen molar-refractivity contribution >= 4 is 11.4 Å². The highest BCUT2D eigenvalue weighted by Gasteiger charge is 2.04. The number of hydrogen-bond donors (Lipinski definition) is 2. The van der Waals surface area contributed by atoms with Crippen molar-refractivity contribution < 1.29 is 14.9 Å². The third kappa shape index (κ3) is 4.35. The number of azo groups is 1. The van der Waals surface area contributed by atoms with Gasteiger partial charge in [-0.05, 0) is 48.4 Å². The van der Waals surface area contributed by atoms with Gasteiger partial charge in [0, 0.05) is 6.07 Å². The van der Waals surface area contributed by atoms with Gasteiger partial charge in [-0.1, -0.05) is 30.3 Å². The molecular weight excluding hydrogens is 316 g/mol. The van der Waals surface area contributed by atoms with Gasteiger partial charge in [-0.2, -0.15) is 5.11 Å². The first-order valence-electron chi connectivity index (χ1n) is 7.83. The minimum Gasteiger partial charge on any atom is -0.508 e. The molecule has 0 spiro atoms. The van der Waals surface area contributed by atoms with Gasteiger partial charge in [0.05, 0.1) is 5.69 Å². The Hall–Kier alpha value is -3.34. The lowest BCUT2D eigenvalue weighted by Gasteiger charge is -2.07. The summed E-state index contributed by atoms with van der Waals surface area (Å²) in [6, 6.07) is 19.5. The van der Waals surface area contributed by atoms with Crippen LogP contribution in [-0.2, 0) is 6.61 Å². The third-order valence-electron chi connectivity index (χ3n) is 3.64. The minimum absolute atomic E-state index is 0.0206. The summed E-state index contributed by atoms with van der Waals surface area (Å²) in [5.74, 6) is 0.792. The molecule has 5 heteroatoms. The van der Waals surface area contributed by atoms with Gasteiger partial charge in [0.15, 0.2) is 0 Å². The van der Waals surface area contributed by atoms with Crippen LogP contribution in [0.15, 0.2) is 77.0 Å². The summed E-state index contributed by atoms with van der Waals surface area (Å²) < 4.78 is 5.73. The zero-order valence-corrected chi connectivity index (χ0v) is 13.8. The second-order valence-corrected chi connectivity index (χ2v) is 5.60. The van der Waals surface area contributed by atoms with Gasteiger partial charge in [-0.25, -0.2) is 0 Å². The first kappa shape index (κ1) is 16.5. The van der Waals surface area contributed by atoms with E-state index in [1.54, 1.807) is 30.3 Å². The topological polar surface area (TPSA) is 74.4 Å². The smallest absolute Gasteiger partial charge is 0.143 e. The van der Waals surface area contributed by atoms with Crippen molar-refractivity contribution in [1.82, 2.24) is 0 Å². The number of phenols is 2. The van der Waals surface area contributed by atoms with Gasteiger partial charge in [0.25, 0.3) is 0 Å². The lowest BCUT2D eigenvalue weighted by atomic mass is 10.2. The van der Waals surface area contributed by atoms with E-state index < -0.39 is 0 Å². The Kier molecular flexibility index (Phi) is 4.95. The summed E-state index contributed by atoms with van der Waals surface area (Å²) in [5, 5.41) is 27.6. The molecule has 3 aromatic rings. The second kappa shape index (κ2) is 7.49. The standard InChI is InChI=1S/C20H18N2O3/c1-14-11-16(23)7-9-18(14)21-22-19-12-17(8-10-20(19)24)25-13-15-5-3-2-4-6-15/h2-12,23-24H,13H2,1H3. The highest BCUT2D eigenvalue weighted by Crippen LogP contribution is 2.33. The predicted octanol–water partition coefficient (Wildman–Crippen LogP) is 5.40. The molecular formula is C20H18N2O3. The molecule has 0 fully saturated rings. The summed E-state index contributed by atoms with van der Waals surface area (Å²) in [5.41, 5.74) is 2.78. The highest BCUT2D eigenvalue weighted by atomic mass is 16.5. The molecule has 0 aliphatic carbocycles. The van der Waals surface area contributed by atoms with Crippen molar-refractivity contribution in [1.29, 1.82) is 0 Å². The Morgan fingerprint density at radius 3 is 2.36 bits per heavy atom. The molecule has 0 aliphatic rings. The van der Waals surface area contributed by atoms with E-state index in [9.17, 15) is 10.2 Å². The summed E-state index contributed by atoms with van der Waals surface area (Å²) >= 11 is 0. The van der Waals surface area contributed by atoms with Gasteiger partial charge in [0.2, 0.25) is 0 Å². The fourth-order valence-electron chi connectivity index (χ4n) is 2.27. The Bertz CT molecular complexity index is 893. The van der Waals surface area contributed by atoms with E-state index in [0.717, 1.165) is 11.1 Å². The molecule has 0 atom stereocenters. The molecule has 2 N–H and O–H groups in total. The van der Waals surface area contributed by atoms with Crippen molar-refractivity contribution in [3.63, 3.8) is 0 Å². The number of aromatic hydroxyl groups is 2. The molecule has 25 heavy (non-hydrogen) atoms. The van der Waals surface area contributed by atoms with Gasteiger partial charge in [-0.15, -0.1) is 5.11 Å². The van der Waals surface area contributed by atoms with Crippen LogP contribution in [0.2, 0.25) is 0 Å². The van der Waals surface area contributed by atoms with Crippen LogP contribution in [0.3, 0.4) is 0 Å². The number of benzene rings is 3. The van der Waals surface area contributed by atoms with Crippen LogP contribution in [0.4, 0.5) is 11.4 Å². The van der Waals surface area contributed by atoms with E-state index in [2.05, 4.69) is 10.2 Å². The van der Waals surface area contributed by atoms with Crippen LogP contribution in [0.5, 0.6) is 17.2 Å². The highest BCUT2D eigenvalue weighted by molar-refractivity contribution is 5.55. The Morgan fingerprint density at radius 2 is 1.60 bits per heavy atom. The monoisotopic (exact) mass is 334 g/mol. The lowest BCUT2D eigenvalue weighted by molar-refractivity contribution is 0.306. The average Bonchev–Trinajstić information content (AvgIpc) is 2.62. The SMILES string of the molecule is Cc1cc(O)ccc1N=Nc1cc(OCc2ccccc2)ccc1O. The van der Waals surface area contributed by atoms with Crippen LogP contribution in [0, 0.1) is 6.92 Å². The predicted molar refractivity (Wildman–Crippen MR) is 95.9 cm³/mol. The molecule has 0 aliphatic heterocycles. The van der Waals surface area contributed by atoms with Crippen LogP contribution in [0.25, 0.3) is 0 Å². The number of hydrogen-bond acceptors (Lipinski definition) is 5. The lowest BCUT2D eigenvalue weighted by Crippen LogP contribution is -1.94. The molecule has 3 rings (SSSR count). The molecule has 0 bridgehead atoms. The number of rotatable bonds is 5. The van der Waals surface area contributed by atoms with Crippen molar-refractivity contribution in [3.05, 3.63) is 77.9 Å². The molecule has 3 aromatic carbocycles. The van der Waals surface area contributed by atoms with E-state index in [1.807, 2.05) is 37.3 Å². The van der Waals surface area contributed by atoms with E-state index in [1.165, 1.54) is 6.07 Å². The van der Waals surface area contributed by atoms with Crippen molar-refractivity contribution in [3.8, 4) is 17.2 Å². The molecule has 0 heterocycles. The Balaban J connectivity index is 1.76. The average molecular weight is 334 g/mol. The van der Waals surface area contributed by atoms with Gasteiger partial charge in [0.1, 0.15) is 29.5 Å². The summed E-state index contributed by atoms with van der Waals surface area (Å²) in [7, 11) is 0. The maximum Gasteiger partial charge on any atom is 0.143 e. The normalized spacial score (nSPS) is 10.9. The van der Waals surface area contributed by atoms with Gasteiger partial charge in [-0.3, -0.25) is 0 Å². The maximum atomic E-state index is 9.96. The van der Waals surface area contributed by atoms with E-state index >= 15 is 0 Å². The van der Waals surface area contributed by atoms with E-state index in [-0.39, 0.29) is 11.5 Å². The second-order valence-electron chi connectivity index (χ2n) is 5.60. The van der Waals surface area contributed by atoms with Gasteiger partial charge >= 0.3 is 0 Å². The molecule has 126 valence electrons. The number of phenolic OH excluding ortho intramolecular Hbond substituents is 2. The molecule has 5 nitrogen and oxygen atoms in total. The first-order valence-corrected chi connectivity index (χ1v) is 7.83. The van der Waals surface area contributed by atoms with Crippen LogP contribution >= 0.6 is 0 Å². The quantitative estimate of drug-likeness (QED) is 0.613. The summed E-state index contributed by atoms with van der Waals surface area (Å²) in [4.78, 5) is 0. The van der Waals surface area contributed by atoms with E-state index in [4.69, 9.17) is 4.74 Å².